The molecule has 1 N–H and O–H groups in total. The second kappa shape index (κ2) is 7.33. The molecule has 2 aromatic carbocycles. The van der Waals surface area contributed by atoms with Crippen LogP contribution in [-0.2, 0) is 12.8 Å². The van der Waals surface area contributed by atoms with Crippen LogP contribution in [0.25, 0.3) is 32.4 Å². The first kappa shape index (κ1) is 18.4. The number of hydrogen-bond acceptors (Lipinski definition) is 5. The number of thiophene rings is 1. The average Bonchev–Trinajstić information content (AvgIpc) is 3.29. The zero-order valence-electron chi connectivity index (χ0n) is 15.3. The summed E-state index contributed by atoms with van der Waals surface area (Å²) in [5, 5.41) is 4.03. The van der Waals surface area contributed by atoms with E-state index >= 15 is 0 Å². The number of H-pyrrole nitrogens is 1. The number of aromatic nitrogens is 4. The highest BCUT2D eigenvalue weighted by Crippen LogP contribution is 2.35. The van der Waals surface area contributed by atoms with Crippen LogP contribution >= 0.6 is 34.7 Å². The van der Waals surface area contributed by atoms with E-state index in [9.17, 15) is 4.79 Å². The molecule has 8 heteroatoms. The van der Waals surface area contributed by atoms with Gasteiger partial charge in [-0.15, -0.1) is 11.3 Å². The second-order valence-corrected chi connectivity index (χ2v) is 8.76. The van der Waals surface area contributed by atoms with Crippen molar-refractivity contribution in [2.75, 3.05) is 0 Å². The van der Waals surface area contributed by atoms with Gasteiger partial charge in [0.2, 0.25) is 0 Å². The lowest BCUT2D eigenvalue weighted by atomic mass is 10.1. The van der Waals surface area contributed by atoms with Gasteiger partial charge in [0.15, 0.2) is 5.16 Å². The highest BCUT2D eigenvalue weighted by Gasteiger charge is 2.15. The molecule has 0 atom stereocenters. The van der Waals surface area contributed by atoms with Crippen molar-refractivity contribution in [3.63, 3.8) is 0 Å². The van der Waals surface area contributed by atoms with Crippen molar-refractivity contribution in [3.05, 3.63) is 75.1 Å². The molecule has 0 amide bonds. The van der Waals surface area contributed by atoms with Gasteiger partial charge in [0.1, 0.15) is 10.7 Å². The molecule has 5 nitrogen and oxygen atoms in total. The topological polar surface area (TPSA) is 63.6 Å². The normalized spacial score (nSPS) is 11.5. The van der Waals surface area contributed by atoms with Crippen LogP contribution in [-0.4, -0.2) is 19.5 Å². The van der Waals surface area contributed by atoms with E-state index in [-0.39, 0.29) is 5.56 Å². The van der Waals surface area contributed by atoms with Gasteiger partial charge >= 0.3 is 0 Å². The zero-order valence-corrected chi connectivity index (χ0v) is 17.7. The van der Waals surface area contributed by atoms with E-state index in [4.69, 9.17) is 11.6 Å². The van der Waals surface area contributed by atoms with Crippen molar-refractivity contribution in [2.24, 2.45) is 7.05 Å². The lowest BCUT2D eigenvalue weighted by molar-refractivity contribution is 0.814. The summed E-state index contributed by atoms with van der Waals surface area (Å²) in [6.45, 7) is 0. The van der Waals surface area contributed by atoms with Gasteiger partial charge in [-0.3, -0.25) is 4.79 Å². The highest BCUT2D eigenvalue weighted by molar-refractivity contribution is 7.98. The molecule has 29 heavy (non-hydrogen) atoms. The summed E-state index contributed by atoms with van der Waals surface area (Å²) in [4.78, 5) is 25.8. The molecule has 5 rings (SSSR count). The Bertz CT molecular complexity index is 1420. The van der Waals surface area contributed by atoms with Crippen LogP contribution < -0.4 is 5.56 Å². The number of benzene rings is 2. The largest absolute Gasteiger partial charge is 0.322 e. The minimum atomic E-state index is -0.147. The number of halogens is 1. The maximum atomic E-state index is 12.8. The first-order valence-corrected chi connectivity index (χ1v) is 11.2. The van der Waals surface area contributed by atoms with Crippen molar-refractivity contribution >= 4 is 55.9 Å². The van der Waals surface area contributed by atoms with E-state index in [1.165, 1.54) is 11.3 Å². The smallest absolute Gasteiger partial charge is 0.260 e. The van der Waals surface area contributed by atoms with Gasteiger partial charge in [0, 0.05) is 28.6 Å². The van der Waals surface area contributed by atoms with Gasteiger partial charge < -0.3 is 9.55 Å². The number of para-hydroxylation sites is 2. The molecule has 0 spiro atoms. The summed E-state index contributed by atoms with van der Waals surface area (Å²) in [5.74, 6) is 1.16. The molecule has 0 unspecified atom stereocenters. The summed E-state index contributed by atoms with van der Waals surface area (Å²) in [7, 11) is 1.99. The number of thioether (sulfide) groups is 1. The minimum Gasteiger partial charge on any atom is -0.322 e. The molecular weight excluding hydrogens is 424 g/mol. The van der Waals surface area contributed by atoms with Crippen molar-refractivity contribution in [2.45, 2.75) is 10.9 Å². The maximum absolute atomic E-state index is 12.8. The maximum Gasteiger partial charge on any atom is 0.260 e. The Morgan fingerprint density at radius 2 is 1.90 bits per heavy atom. The quantitative estimate of drug-likeness (QED) is 0.377. The Hall–Kier alpha value is -2.61. The first-order chi connectivity index (χ1) is 14.1. The summed E-state index contributed by atoms with van der Waals surface area (Å²) < 4.78 is 2.05. The SMILES string of the molecule is Cn1c(SCc2nc3scc(-c4ccccc4Cl)c3c(=O)[nH]2)nc2ccccc21. The minimum absolute atomic E-state index is 0.147. The lowest BCUT2D eigenvalue weighted by Gasteiger charge is -2.04. The summed E-state index contributed by atoms with van der Waals surface area (Å²) in [6, 6.07) is 15.5. The molecule has 0 fully saturated rings. The van der Waals surface area contributed by atoms with Crippen molar-refractivity contribution < 1.29 is 0 Å². The van der Waals surface area contributed by atoms with Gasteiger partial charge in [-0.05, 0) is 18.2 Å². The molecule has 0 saturated heterocycles. The molecule has 0 aliphatic rings. The molecule has 144 valence electrons. The number of nitrogens with one attached hydrogen (secondary N) is 1. The Labute approximate surface area is 179 Å². The number of aromatic amines is 1. The van der Waals surface area contributed by atoms with Crippen LogP contribution in [0.15, 0.2) is 63.9 Å². The zero-order chi connectivity index (χ0) is 20.0. The molecular formula is C21H15ClN4OS2. The first-order valence-electron chi connectivity index (χ1n) is 8.91. The standard InChI is InChI=1S/C21H15ClN4OS2/c1-26-16-9-5-4-8-15(16)23-21(26)29-11-17-24-19(27)18-13(10-28-20(18)25-17)12-6-2-3-7-14(12)22/h2-10H,11H2,1H3,(H,24,25,27). The van der Waals surface area contributed by atoms with Crippen molar-refractivity contribution in [1.29, 1.82) is 0 Å². The Morgan fingerprint density at radius 1 is 1.10 bits per heavy atom. The molecule has 0 saturated carbocycles. The molecule has 0 bridgehead atoms. The average molecular weight is 439 g/mol. The van der Waals surface area contributed by atoms with Crippen LogP contribution in [0.2, 0.25) is 5.02 Å². The molecule has 5 aromatic rings. The van der Waals surface area contributed by atoms with Gasteiger partial charge in [-0.1, -0.05) is 53.7 Å². The van der Waals surface area contributed by atoms with Crippen LogP contribution in [0.3, 0.4) is 0 Å². The fraction of sp³-hybridized carbons (Fsp3) is 0.0952. The van der Waals surface area contributed by atoms with E-state index in [0.29, 0.717) is 26.8 Å². The van der Waals surface area contributed by atoms with Gasteiger partial charge in [0.05, 0.1) is 22.2 Å². The van der Waals surface area contributed by atoms with Crippen LogP contribution in [0.5, 0.6) is 0 Å². The number of nitrogens with zero attached hydrogens (tertiary/aromatic N) is 3. The number of rotatable bonds is 4. The predicted octanol–water partition coefficient (Wildman–Crippen LogP) is 5.48. The van der Waals surface area contributed by atoms with E-state index in [1.807, 2.05) is 61.0 Å². The van der Waals surface area contributed by atoms with Gasteiger partial charge in [-0.25, -0.2) is 9.97 Å². The van der Waals surface area contributed by atoms with Gasteiger partial charge in [-0.2, -0.15) is 0 Å². The molecule has 0 radical (unpaired) electrons. The summed E-state index contributed by atoms with van der Waals surface area (Å²) >= 11 is 9.33. The van der Waals surface area contributed by atoms with Crippen LogP contribution in [0.1, 0.15) is 5.82 Å². The summed E-state index contributed by atoms with van der Waals surface area (Å²) in [5.41, 5.74) is 3.55. The third-order valence-electron chi connectivity index (χ3n) is 4.74. The van der Waals surface area contributed by atoms with Crippen LogP contribution in [0.4, 0.5) is 0 Å². The monoisotopic (exact) mass is 438 g/mol. The van der Waals surface area contributed by atoms with E-state index in [0.717, 1.165) is 27.3 Å². The second-order valence-electron chi connectivity index (χ2n) is 6.55. The van der Waals surface area contributed by atoms with E-state index in [2.05, 4.69) is 19.5 Å². The fourth-order valence-electron chi connectivity index (χ4n) is 3.33. The lowest BCUT2D eigenvalue weighted by Crippen LogP contribution is -2.11. The predicted molar refractivity (Wildman–Crippen MR) is 121 cm³/mol. The van der Waals surface area contributed by atoms with E-state index in [1.54, 1.807) is 11.8 Å². The number of aryl methyl sites for hydroxylation is 1. The molecule has 3 aromatic heterocycles. The third kappa shape index (κ3) is 3.25. The van der Waals surface area contributed by atoms with E-state index < -0.39 is 0 Å². The Kier molecular flexibility index (Phi) is 4.66. The Morgan fingerprint density at radius 3 is 2.72 bits per heavy atom. The Balaban J connectivity index is 1.48. The van der Waals surface area contributed by atoms with Crippen molar-refractivity contribution in [1.82, 2.24) is 19.5 Å². The van der Waals surface area contributed by atoms with Gasteiger partial charge in [0.25, 0.3) is 5.56 Å². The number of imidazole rings is 1. The highest BCUT2D eigenvalue weighted by atomic mass is 35.5. The molecule has 0 aliphatic heterocycles. The number of hydrogen-bond donors (Lipinski definition) is 1. The third-order valence-corrected chi connectivity index (χ3v) is 6.98. The fourth-order valence-corrected chi connectivity index (χ4v) is 5.38. The molecule has 3 heterocycles. The summed E-state index contributed by atoms with van der Waals surface area (Å²) in [6.07, 6.45) is 0. The molecule has 0 aliphatic carbocycles. The number of fused-ring (bicyclic) bond motifs is 2. The van der Waals surface area contributed by atoms with Crippen LogP contribution in [0, 0.1) is 0 Å². The van der Waals surface area contributed by atoms with Crippen molar-refractivity contribution in [3.8, 4) is 11.1 Å².